The van der Waals surface area contributed by atoms with Crippen LogP contribution >= 0.6 is 0 Å². The van der Waals surface area contributed by atoms with Crippen molar-refractivity contribution in [1.29, 1.82) is 0 Å². The maximum absolute atomic E-state index is 12.8. The molecule has 2 N–H and O–H groups in total. The van der Waals surface area contributed by atoms with E-state index < -0.39 is 29.4 Å². The lowest BCUT2D eigenvalue weighted by molar-refractivity contribution is 0.0449. The number of hydrogen-bond donors (Lipinski definition) is 2. The third-order valence-electron chi connectivity index (χ3n) is 5.89. The number of para-hydroxylation sites is 2. The number of benzene rings is 2. The lowest BCUT2D eigenvalue weighted by atomic mass is 9.96. The molecule has 2 aromatic carbocycles. The highest BCUT2D eigenvalue weighted by molar-refractivity contribution is 5.75. The molecule has 2 heterocycles. The van der Waals surface area contributed by atoms with Crippen molar-refractivity contribution in [2.75, 3.05) is 13.1 Å². The molecule has 0 radical (unpaired) electrons. The molecule has 0 saturated carbocycles. The van der Waals surface area contributed by atoms with E-state index >= 15 is 0 Å². The van der Waals surface area contributed by atoms with Crippen LogP contribution in [0.4, 0.5) is 9.59 Å². The number of fused-ring (bicyclic) bond motifs is 2. The molecule has 0 spiro atoms. The molecule has 2 amide bonds. The van der Waals surface area contributed by atoms with Gasteiger partial charge in [0, 0.05) is 19.6 Å². The second kappa shape index (κ2) is 10.9. The molecular formula is C29H37N5O4. The fourth-order valence-corrected chi connectivity index (χ4v) is 4.43. The van der Waals surface area contributed by atoms with Gasteiger partial charge in [-0.2, -0.15) is 0 Å². The van der Waals surface area contributed by atoms with E-state index in [1.165, 1.54) is 0 Å². The van der Waals surface area contributed by atoms with Gasteiger partial charge in [-0.15, -0.1) is 0 Å². The van der Waals surface area contributed by atoms with Gasteiger partial charge in [-0.25, -0.2) is 19.6 Å². The summed E-state index contributed by atoms with van der Waals surface area (Å²) < 4.78 is 11.0. The Labute approximate surface area is 223 Å². The van der Waals surface area contributed by atoms with E-state index in [1.54, 1.807) is 0 Å². The zero-order chi connectivity index (χ0) is 27.5. The molecule has 3 aromatic rings. The van der Waals surface area contributed by atoms with E-state index in [-0.39, 0.29) is 12.6 Å². The SMILES string of the molecule is CC(C)(C)OC(=O)NC[C@@H]1c2nc3ccccc3nc2[C@@H](NC(=O)OC(C)(C)C)CN1Cc1ccccc1. The van der Waals surface area contributed by atoms with Crippen molar-refractivity contribution in [1.82, 2.24) is 25.5 Å². The molecule has 4 rings (SSSR count). The Kier molecular flexibility index (Phi) is 7.87. The highest BCUT2D eigenvalue weighted by atomic mass is 16.6. The maximum atomic E-state index is 12.8. The quantitative estimate of drug-likeness (QED) is 0.473. The first-order valence-corrected chi connectivity index (χ1v) is 12.9. The average Bonchev–Trinajstić information content (AvgIpc) is 2.81. The zero-order valence-electron chi connectivity index (χ0n) is 22.9. The molecule has 38 heavy (non-hydrogen) atoms. The minimum Gasteiger partial charge on any atom is -0.444 e. The largest absolute Gasteiger partial charge is 0.444 e. The Morgan fingerprint density at radius 2 is 1.39 bits per heavy atom. The van der Waals surface area contributed by atoms with Crippen molar-refractivity contribution in [3.8, 4) is 0 Å². The van der Waals surface area contributed by atoms with Crippen LogP contribution in [-0.4, -0.2) is 51.3 Å². The normalized spacial score (nSPS) is 17.9. The molecule has 9 heteroatoms. The fourth-order valence-electron chi connectivity index (χ4n) is 4.43. The number of ether oxygens (including phenoxy) is 2. The highest BCUT2D eigenvalue weighted by Gasteiger charge is 2.38. The third kappa shape index (κ3) is 7.19. The van der Waals surface area contributed by atoms with Gasteiger partial charge in [0.2, 0.25) is 0 Å². The minimum atomic E-state index is -0.639. The second-order valence-corrected chi connectivity index (χ2v) is 11.5. The summed E-state index contributed by atoms with van der Waals surface area (Å²) in [7, 11) is 0. The monoisotopic (exact) mass is 519 g/mol. The summed E-state index contributed by atoms with van der Waals surface area (Å²) in [4.78, 5) is 37.5. The van der Waals surface area contributed by atoms with Crippen LogP contribution < -0.4 is 10.6 Å². The Morgan fingerprint density at radius 1 is 0.842 bits per heavy atom. The summed E-state index contributed by atoms with van der Waals surface area (Å²) >= 11 is 0. The first-order chi connectivity index (χ1) is 17.9. The number of aromatic nitrogens is 2. The van der Waals surface area contributed by atoms with Gasteiger partial charge in [0.05, 0.1) is 34.5 Å². The molecule has 0 fully saturated rings. The van der Waals surface area contributed by atoms with Crippen molar-refractivity contribution in [2.24, 2.45) is 0 Å². The summed E-state index contributed by atoms with van der Waals surface area (Å²) in [6, 6.07) is 16.9. The summed E-state index contributed by atoms with van der Waals surface area (Å²) in [5.74, 6) is 0. The minimum absolute atomic E-state index is 0.265. The van der Waals surface area contributed by atoms with Gasteiger partial charge in [-0.1, -0.05) is 42.5 Å². The first-order valence-electron chi connectivity index (χ1n) is 12.9. The standard InChI is InChI=1S/C29H37N5O4/c1-28(2,3)37-26(35)30-16-23-25-24(31-20-14-10-11-15-21(20)32-25)22(33-27(36)38-29(4,5)6)18-34(23)17-19-12-8-7-9-13-19/h7-15,22-23H,16-18H2,1-6H3,(H,30,35)(H,33,36)/t22-,23+/m0/s1. The van der Waals surface area contributed by atoms with E-state index in [1.807, 2.05) is 84.0 Å². The molecule has 1 aliphatic rings. The third-order valence-corrected chi connectivity index (χ3v) is 5.89. The number of nitrogens with one attached hydrogen (secondary N) is 2. The van der Waals surface area contributed by atoms with Crippen LogP contribution in [-0.2, 0) is 16.0 Å². The number of alkyl carbamates (subject to hydrolysis) is 2. The van der Waals surface area contributed by atoms with E-state index in [2.05, 4.69) is 27.7 Å². The van der Waals surface area contributed by atoms with Gasteiger partial charge in [0.1, 0.15) is 11.2 Å². The second-order valence-electron chi connectivity index (χ2n) is 11.5. The summed E-state index contributed by atoms with van der Waals surface area (Å²) in [5, 5.41) is 5.93. The molecular weight excluding hydrogens is 482 g/mol. The summed E-state index contributed by atoms with van der Waals surface area (Å²) in [6.07, 6.45) is -1.02. The predicted molar refractivity (Wildman–Crippen MR) is 145 cm³/mol. The van der Waals surface area contributed by atoms with Gasteiger partial charge >= 0.3 is 12.2 Å². The molecule has 1 aromatic heterocycles. The van der Waals surface area contributed by atoms with Crippen LogP contribution in [0.1, 0.15) is 70.6 Å². The van der Waals surface area contributed by atoms with E-state index in [9.17, 15) is 9.59 Å². The first kappa shape index (κ1) is 27.3. The lowest BCUT2D eigenvalue weighted by Crippen LogP contribution is -2.49. The number of hydrogen-bond acceptors (Lipinski definition) is 7. The highest BCUT2D eigenvalue weighted by Crippen LogP contribution is 2.35. The topological polar surface area (TPSA) is 106 Å². The zero-order valence-corrected chi connectivity index (χ0v) is 22.9. The number of amides is 2. The van der Waals surface area contributed by atoms with Gasteiger partial charge in [0.25, 0.3) is 0 Å². The van der Waals surface area contributed by atoms with E-state index in [0.29, 0.717) is 24.5 Å². The molecule has 0 unspecified atom stereocenters. The number of rotatable bonds is 5. The van der Waals surface area contributed by atoms with Crippen LogP contribution in [0, 0.1) is 0 Å². The summed E-state index contributed by atoms with van der Waals surface area (Å²) in [6.45, 7) is 12.3. The van der Waals surface area contributed by atoms with Crippen molar-refractivity contribution in [2.45, 2.75) is 71.4 Å². The smallest absolute Gasteiger partial charge is 0.408 e. The Balaban J connectivity index is 1.72. The Morgan fingerprint density at radius 3 is 2.00 bits per heavy atom. The van der Waals surface area contributed by atoms with Gasteiger partial charge < -0.3 is 20.1 Å². The van der Waals surface area contributed by atoms with Crippen LogP contribution in [0.15, 0.2) is 54.6 Å². The van der Waals surface area contributed by atoms with Crippen molar-refractivity contribution in [3.63, 3.8) is 0 Å². The molecule has 0 saturated heterocycles. The van der Waals surface area contributed by atoms with E-state index in [0.717, 1.165) is 16.6 Å². The maximum Gasteiger partial charge on any atom is 0.408 e. The Hall–Kier alpha value is -3.72. The number of carbonyl (C=O) groups is 2. The van der Waals surface area contributed by atoms with Crippen molar-refractivity contribution < 1.29 is 19.1 Å². The van der Waals surface area contributed by atoms with Crippen LogP contribution in [0.25, 0.3) is 11.0 Å². The average molecular weight is 520 g/mol. The molecule has 1 aliphatic heterocycles. The number of nitrogens with zero attached hydrogens (tertiary/aromatic N) is 3. The van der Waals surface area contributed by atoms with E-state index in [4.69, 9.17) is 19.4 Å². The lowest BCUT2D eigenvalue weighted by Gasteiger charge is -2.40. The van der Waals surface area contributed by atoms with Gasteiger partial charge in [-0.3, -0.25) is 4.90 Å². The van der Waals surface area contributed by atoms with Crippen molar-refractivity contribution in [3.05, 3.63) is 71.5 Å². The van der Waals surface area contributed by atoms with Gasteiger partial charge in [-0.05, 0) is 59.2 Å². The molecule has 0 aliphatic carbocycles. The van der Waals surface area contributed by atoms with Crippen LogP contribution in [0.5, 0.6) is 0 Å². The fraction of sp³-hybridized carbons (Fsp3) is 0.448. The van der Waals surface area contributed by atoms with Crippen LogP contribution in [0.3, 0.4) is 0 Å². The van der Waals surface area contributed by atoms with Crippen molar-refractivity contribution >= 4 is 23.2 Å². The number of carbonyl (C=O) groups excluding carboxylic acids is 2. The predicted octanol–water partition coefficient (Wildman–Crippen LogP) is 5.28. The van der Waals surface area contributed by atoms with Gasteiger partial charge in [0.15, 0.2) is 0 Å². The molecule has 2 atom stereocenters. The molecule has 0 bridgehead atoms. The summed E-state index contributed by atoms with van der Waals surface area (Å²) in [5.41, 5.74) is 2.68. The van der Waals surface area contributed by atoms with Crippen LogP contribution in [0.2, 0.25) is 0 Å². The Bertz CT molecular complexity index is 1280. The molecule has 9 nitrogen and oxygen atoms in total. The molecule has 202 valence electrons.